The Kier molecular flexibility index (Phi) is 6.61. The van der Waals surface area contributed by atoms with Crippen LogP contribution in [0.25, 0.3) is 93.6 Å². The van der Waals surface area contributed by atoms with Crippen LogP contribution in [0.1, 0.15) is 11.1 Å². The molecule has 8 aromatic carbocycles. The molecule has 0 aliphatic heterocycles. The first-order valence-corrected chi connectivity index (χ1v) is 18.3. The van der Waals surface area contributed by atoms with Crippen LogP contribution in [0.4, 0.5) is 0 Å². The zero-order valence-corrected chi connectivity index (χ0v) is 29.5. The van der Waals surface area contributed by atoms with E-state index in [1.165, 1.54) is 32.6 Å². The molecule has 0 spiro atoms. The third kappa shape index (κ3) is 4.51. The van der Waals surface area contributed by atoms with Crippen molar-refractivity contribution in [1.82, 2.24) is 13.7 Å². The Labute approximate surface area is 316 Å². The van der Waals surface area contributed by atoms with Gasteiger partial charge in [-0.1, -0.05) is 103 Å². The number of fused-ring (bicyclic) bond motifs is 9. The van der Waals surface area contributed by atoms with Gasteiger partial charge < -0.3 is 13.7 Å². The lowest BCUT2D eigenvalue weighted by molar-refractivity contribution is 1.15. The Bertz CT molecular complexity index is 3400. The van der Waals surface area contributed by atoms with Crippen LogP contribution >= 0.6 is 0 Å². The highest BCUT2D eigenvalue weighted by Gasteiger charge is 2.19. The molecule has 3 heterocycles. The lowest BCUT2D eigenvalue weighted by Gasteiger charge is -2.13. The molecule has 0 bridgehead atoms. The summed E-state index contributed by atoms with van der Waals surface area (Å²) in [6.07, 6.45) is 0. The monoisotopic (exact) mass is 699 g/mol. The molecule has 5 nitrogen and oxygen atoms in total. The van der Waals surface area contributed by atoms with E-state index in [0.29, 0.717) is 11.1 Å². The van der Waals surface area contributed by atoms with E-state index in [0.717, 1.165) is 61.0 Å². The second-order valence-electron chi connectivity index (χ2n) is 14.0. The molecule has 5 heteroatoms. The standard InChI is InChI=1S/C50H29N5/c51-30-32-26-35(28-38(27-32)55-48-19-8-4-14-42(48)44-15-9-10-34(31-52)50(44)55)33-20-22-36(23-21-33)53-45-16-5-3-13-41(45)43-25-24-37(29-49(43)53)54-46-17-6-1-11-39(46)40-12-2-7-18-47(40)54/h1-29H. The molecule has 0 saturated heterocycles. The van der Waals surface area contributed by atoms with Crippen molar-refractivity contribution in [2.45, 2.75) is 0 Å². The largest absolute Gasteiger partial charge is 0.309 e. The summed E-state index contributed by atoms with van der Waals surface area (Å²) in [6.45, 7) is 0. The van der Waals surface area contributed by atoms with Gasteiger partial charge in [0.15, 0.2) is 0 Å². The van der Waals surface area contributed by atoms with Crippen LogP contribution < -0.4 is 0 Å². The van der Waals surface area contributed by atoms with Crippen LogP contribution in [0, 0.1) is 22.7 Å². The second kappa shape index (κ2) is 11.8. The predicted octanol–water partition coefficient (Wildman–Crippen LogP) is 12.4. The average molecular weight is 700 g/mol. The average Bonchev–Trinajstić information content (AvgIpc) is 3.89. The maximum atomic E-state index is 10.2. The highest BCUT2D eigenvalue weighted by Crippen LogP contribution is 2.39. The summed E-state index contributed by atoms with van der Waals surface area (Å²) in [5, 5.41) is 27.3. The molecule has 11 rings (SSSR count). The maximum absolute atomic E-state index is 10.2. The first-order chi connectivity index (χ1) is 27.2. The van der Waals surface area contributed by atoms with Gasteiger partial charge in [-0.3, -0.25) is 0 Å². The van der Waals surface area contributed by atoms with Gasteiger partial charge in [-0.05, 0) is 83.9 Å². The van der Waals surface area contributed by atoms with E-state index in [1.54, 1.807) is 0 Å². The maximum Gasteiger partial charge on any atom is 0.101 e. The first-order valence-electron chi connectivity index (χ1n) is 18.3. The molecule has 0 saturated carbocycles. The van der Waals surface area contributed by atoms with Crippen molar-refractivity contribution in [2.75, 3.05) is 0 Å². The SMILES string of the molecule is N#Cc1cc(-c2ccc(-n3c4ccccc4c4ccc(-n5c6ccccc6c6ccccc65)cc43)cc2)cc(-n2c3ccccc3c3cccc(C#N)c32)c1. The zero-order valence-electron chi connectivity index (χ0n) is 29.5. The van der Waals surface area contributed by atoms with Crippen LogP contribution in [0.5, 0.6) is 0 Å². The Morgan fingerprint density at radius 3 is 1.44 bits per heavy atom. The number of aromatic nitrogens is 3. The van der Waals surface area contributed by atoms with Gasteiger partial charge in [0.2, 0.25) is 0 Å². The summed E-state index contributed by atoms with van der Waals surface area (Å²) >= 11 is 0. The minimum atomic E-state index is 0.553. The van der Waals surface area contributed by atoms with E-state index in [9.17, 15) is 10.5 Å². The number of rotatable bonds is 4. The van der Waals surface area contributed by atoms with Crippen molar-refractivity contribution in [1.29, 1.82) is 10.5 Å². The van der Waals surface area contributed by atoms with Crippen LogP contribution in [0.15, 0.2) is 176 Å². The molecular formula is C50H29N5. The number of nitriles is 2. The first kappa shape index (κ1) is 30.7. The van der Waals surface area contributed by atoms with E-state index in [1.807, 2.05) is 36.4 Å². The molecule has 3 aromatic heterocycles. The highest BCUT2D eigenvalue weighted by molar-refractivity contribution is 6.13. The van der Waals surface area contributed by atoms with E-state index < -0.39 is 0 Å². The second-order valence-corrected chi connectivity index (χ2v) is 14.0. The predicted molar refractivity (Wildman–Crippen MR) is 224 cm³/mol. The van der Waals surface area contributed by atoms with Gasteiger partial charge >= 0.3 is 0 Å². The highest BCUT2D eigenvalue weighted by atomic mass is 15.0. The smallest absolute Gasteiger partial charge is 0.101 e. The van der Waals surface area contributed by atoms with Gasteiger partial charge in [-0.2, -0.15) is 10.5 Å². The minimum Gasteiger partial charge on any atom is -0.309 e. The zero-order chi connectivity index (χ0) is 36.6. The molecule has 0 atom stereocenters. The lowest BCUT2D eigenvalue weighted by Crippen LogP contribution is -1.98. The topological polar surface area (TPSA) is 62.4 Å². The molecule has 0 aliphatic carbocycles. The van der Waals surface area contributed by atoms with Crippen LogP contribution in [0.3, 0.4) is 0 Å². The van der Waals surface area contributed by atoms with Crippen molar-refractivity contribution < 1.29 is 0 Å². The molecule has 254 valence electrons. The molecule has 0 fully saturated rings. The van der Waals surface area contributed by atoms with Gasteiger partial charge in [0.1, 0.15) is 6.07 Å². The fourth-order valence-electron chi connectivity index (χ4n) is 8.73. The van der Waals surface area contributed by atoms with Crippen LogP contribution in [0.2, 0.25) is 0 Å². The molecule has 11 aromatic rings. The number of benzene rings is 8. The van der Waals surface area contributed by atoms with Crippen molar-refractivity contribution in [3.05, 3.63) is 187 Å². The van der Waals surface area contributed by atoms with Crippen LogP contribution in [-0.2, 0) is 0 Å². The summed E-state index contributed by atoms with van der Waals surface area (Å²) in [5.74, 6) is 0. The van der Waals surface area contributed by atoms with Crippen molar-refractivity contribution in [3.8, 4) is 40.3 Å². The fourth-order valence-corrected chi connectivity index (χ4v) is 8.73. The summed E-state index contributed by atoms with van der Waals surface area (Å²) in [5.41, 5.74) is 12.5. The third-order valence-electron chi connectivity index (χ3n) is 11.1. The van der Waals surface area contributed by atoms with E-state index >= 15 is 0 Å². The molecule has 0 unspecified atom stereocenters. The molecule has 0 amide bonds. The Balaban J connectivity index is 1.08. The van der Waals surface area contributed by atoms with Crippen molar-refractivity contribution in [3.63, 3.8) is 0 Å². The quantitative estimate of drug-likeness (QED) is 0.184. The molecule has 55 heavy (non-hydrogen) atoms. The van der Waals surface area contributed by atoms with Gasteiger partial charge in [0, 0.05) is 49.4 Å². The van der Waals surface area contributed by atoms with E-state index in [4.69, 9.17) is 0 Å². The minimum absolute atomic E-state index is 0.553. The Hall–Kier alpha value is -7.86. The summed E-state index contributed by atoms with van der Waals surface area (Å²) < 4.78 is 6.84. The van der Waals surface area contributed by atoms with Gasteiger partial charge in [-0.25, -0.2) is 0 Å². The number of hydrogen-bond acceptors (Lipinski definition) is 2. The molecule has 0 radical (unpaired) electrons. The molecule has 0 N–H and O–H groups in total. The Morgan fingerprint density at radius 2 is 0.836 bits per heavy atom. The summed E-state index contributed by atoms with van der Waals surface area (Å²) in [4.78, 5) is 0. The normalized spacial score (nSPS) is 11.6. The van der Waals surface area contributed by atoms with Crippen molar-refractivity contribution >= 4 is 65.4 Å². The van der Waals surface area contributed by atoms with Crippen LogP contribution in [-0.4, -0.2) is 13.7 Å². The lowest BCUT2D eigenvalue weighted by atomic mass is 10.0. The van der Waals surface area contributed by atoms with Gasteiger partial charge in [0.05, 0.1) is 50.3 Å². The summed E-state index contributed by atoms with van der Waals surface area (Å²) in [6, 6.07) is 66.0. The van der Waals surface area contributed by atoms with Gasteiger partial charge in [-0.15, -0.1) is 0 Å². The van der Waals surface area contributed by atoms with E-state index in [2.05, 4.69) is 165 Å². The molecule has 0 aliphatic rings. The number of para-hydroxylation sites is 5. The number of nitrogens with zero attached hydrogens (tertiary/aromatic N) is 5. The fraction of sp³-hybridized carbons (Fsp3) is 0. The Morgan fingerprint density at radius 1 is 0.327 bits per heavy atom. The van der Waals surface area contributed by atoms with Crippen molar-refractivity contribution in [2.24, 2.45) is 0 Å². The summed E-state index contributed by atoms with van der Waals surface area (Å²) in [7, 11) is 0. The third-order valence-corrected chi connectivity index (χ3v) is 11.1. The number of hydrogen-bond donors (Lipinski definition) is 0. The van der Waals surface area contributed by atoms with Gasteiger partial charge in [0.25, 0.3) is 0 Å². The van der Waals surface area contributed by atoms with E-state index in [-0.39, 0.29) is 0 Å². The molecular weight excluding hydrogens is 671 g/mol.